The maximum Gasteiger partial charge on any atom is 0.306 e. The van der Waals surface area contributed by atoms with E-state index >= 15 is 0 Å². The largest absolute Gasteiger partial charge is 0.461 e. The van der Waals surface area contributed by atoms with Crippen LogP contribution in [0.3, 0.4) is 0 Å². The summed E-state index contributed by atoms with van der Waals surface area (Å²) in [5.74, 6) is -4.32. The highest BCUT2D eigenvalue weighted by Gasteiger charge is 2.85. The maximum absolute atomic E-state index is 13.4. The van der Waals surface area contributed by atoms with E-state index in [0.717, 1.165) is 12.8 Å². The van der Waals surface area contributed by atoms with Crippen molar-refractivity contribution in [1.29, 1.82) is 0 Å². The normalized spacial score (nSPS) is 33.8. The molecule has 284 valence electrons. The van der Waals surface area contributed by atoms with Crippen molar-refractivity contribution in [2.24, 2.45) is 29.1 Å². The first-order chi connectivity index (χ1) is 23.7. The molecule has 0 amide bonds. The standard InChI is InChI=1S/C42H68O8/c1-7-8-9-10-11-12-13-14-15-16-17-18-19-20-21-22-23-24-35(44)50-38-30(3)41(47)33(36-39(5,6)42(36,38)48)26-32(28-49-31(4)43)27-40(46)34(41)25-29(2)37(40)45/h25-26,30,33-34,36,38,46-48H,7-24,27-28H2,1-6H3/t30-,33+,34-,36-,38-,40-,41-,42-/m1/s1. The summed E-state index contributed by atoms with van der Waals surface area (Å²) in [4.78, 5) is 38.3. The Morgan fingerprint density at radius 1 is 0.820 bits per heavy atom. The van der Waals surface area contributed by atoms with Crippen LogP contribution in [0.2, 0.25) is 0 Å². The number of ether oxygens (including phenoxy) is 2. The smallest absolute Gasteiger partial charge is 0.306 e. The Bertz CT molecular complexity index is 1250. The SMILES string of the molecule is CCCCCCCCCCCCCCCCCCCC(=O)O[C@@H]1[C@@H](C)[C@@]2(O)[C@@H](C=C(COC(C)=O)C[C@]3(O)C(=O)C(C)=C[C@@H]23)[C@@H]2C(C)(C)[C@]12O. The molecule has 0 bridgehead atoms. The number of aliphatic hydroxyl groups is 3. The van der Waals surface area contributed by atoms with Gasteiger partial charge in [0.2, 0.25) is 0 Å². The third kappa shape index (κ3) is 8.28. The number of ketones is 1. The van der Waals surface area contributed by atoms with E-state index in [1.807, 2.05) is 13.8 Å². The fourth-order valence-corrected chi connectivity index (χ4v) is 9.99. The minimum atomic E-state index is -1.94. The van der Waals surface area contributed by atoms with Crippen molar-refractivity contribution in [1.82, 2.24) is 0 Å². The molecule has 50 heavy (non-hydrogen) atoms. The number of fused-ring (bicyclic) bond motifs is 5. The third-order valence-electron chi connectivity index (χ3n) is 13.0. The molecule has 0 aromatic rings. The van der Waals surface area contributed by atoms with Crippen molar-refractivity contribution in [3.8, 4) is 0 Å². The summed E-state index contributed by atoms with van der Waals surface area (Å²) < 4.78 is 11.4. The minimum absolute atomic E-state index is 0.0987. The molecule has 0 saturated heterocycles. The zero-order valence-corrected chi connectivity index (χ0v) is 32.1. The molecule has 0 aliphatic heterocycles. The number of hydrogen-bond donors (Lipinski definition) is 3. The summed E-state index contributed by atoms with van der Waals surface area (Å²) in [5, 5.41) is 36.9. The van der Waals surface area contributed by atoms with Crippen molar-refractivity contribution in [3.63, 3.8) is 0 Å². The Morgan fingerprint density at radius 2 is 1.32 bits per heavy atom. The zero-order chi connectivity index (χ0) is 36.7. The summed E-state index contributed by atoms with van der Waals surface area (Å²) in [6.45, 7) is 10.6. The molecule has 0 unspecified atom stereocenters. The molecule has 0 aromatic carbocycles. The predicted molar refractivity (Wildman–Crippen MR) is 195 cm³/mol. The van der Waals surface area contributed by atoms with Gasteiger partial charge in [0, 0.05) is 48.9 Å². The van der Waals surface area contributed by atoms with Gasteiger partial charge < -0.3 is 24.8 Å². The average molecular weight is 701 g/mol. The summed E-state index contributed by atoms with van der Waals surface area (Å²) in [6, 6.07) is 0. The van der Waals surface area contributed by atoms with Gasteiger partial charge in [-0.3, -0.25) is 14.4 Å². The molecule has 3 N–H and O–H groups in total. The van der Waals surface area contributed by atoms with Crippen LogP contribution in [0.4, 0.5) is 0 Å². The summed E-state index contributed by atoms with van der Waals surface area (Å²) in [6.07, 6.45) is 24.0. The Labute approximate surface area is 301 Å². The molecule has 0 spiro atoms. The van der Waals surface area contributed by atoms with Crippen LogP contribution >= 0.6 is 0 Å². The first-order valence-electron chi connectivity index (χ1n) is 20.1. The molecule has 0 heterocycles. The highest BCUT2D eigenvalue weighted by molar-refractivity contribution is 6.04. The van der Waals surface area contributed by atoms with Gasteiger partial charge in [-0.15, -0.1) is 0 Å². The molecule has 4 rings (SSSR count). The van der Waals surface area contributed by atoms with E-state index in [2.05, 4.69) is 6.92 Å². The number of carbonyl (C=O) groups excluding carboxylic acids is 3. The van der Waals surface area contributed by atoms with Gasteiger partial charge in [-0.25, -0.2) is 0 Å². The van der Waals surface area contributed by atoms with Gasteiger partial charge in [0.05, 0.1) is 5.60 Å². The third-order valence-corrected chi connectivity index (χ3v) is 13.0. The molecule has 0 aromatic heterocycles. The lowest BCUT2D eigenvalue weighted by Crippen LogP contribution is -2.65. The number of rotatable bonds is 21. The second-order valence-electron chi connectivity index (χ2n) is 16.9. The van der Waals surface area contributed by atoms with E-state index in [4.69, 9.17) is 9.47 Å². The monoisotopic (exact) mass is 700 g/mol. The molecule has 8 atom stereocenters. The van der Waals surface area contributed by atoms with Crippen LogP contribution in [0.25, 0.3) is 0 Å². The molecular formula is C42H68O8. The van der Waals surface area contributed by atoms with Gasteiger partial charge in [0.25, 0.3) is 0 Å². The van der Waals surface area contributed by atoms with E-state index in [0.29, 0.717) is 17.6 Å². The average Bonchev–Trinajstić information content (AvgIpc) is 3.46. The van der Waals surface area contributed by atoms with Gasteiger partial charge in [0.15, 0.2) is 5.78 Å². The zero-order valence-electron chi connectivity index (χ0n) is 32.1. The van der Waals surface area contributed by atoms with E-state index in [9.17, 15) is 29.7 Å². The summed E-state index contributed by atoms with van der Waals surface area (Å²) >= 11 is 0. The van der Waals surface area contributed by atoms with Crippen molar-refractivity contribution in [2.75, 3.05) is 6.61 Å². The van der Waals surface area contributed by atoms with Crippen LogP contribution in [0.1, 0.15) is 164 Å². The van der Waals surface area contributed by atoms with Crippen LogP contribution in [0, 0.1) is 29.1 Å². The number of unbranched alkanes of at least 4 members (excludes halogenated alkanes) is 16. The molecule has 2 fully saturated rings. The van der Waals surface area contributed by atoms with Crippen molar-refractivity contribution in [2.45, 2.75) is 186 Å². The number of hydrogen-bond acceptors (Lipinski definition) is 8. The number of Topliss-reactive ketones (excluding diaryl/α,β-unsaturated/α-hetero) is 1. The Balaban J connectivity index is 1.26. The van der Waals surface area contributed by atoms with Crippen molar-refractivity contribution >= 4 is 17.7 Å². The van der Waals surface area contributed by atoms with Crippen LogP contribution in [-0.4, -0.2) is 62.6 Å². The molecule has 2 saturated carbocycles. The first-order valence-corrected chi connectivity index (χ1v) is 20.1. The fraction of sp³-hybridized carbons (Fsp3) is 0.833. The Kier molecular flexibility index (Phi) is 14.0. The van der Waals surface area contributed by atoms with Crippen molar-refractivity contribution < 1.29 is 39.2 Å². The Morgan fingerprint density at radius 3 is 1.82 bits per heavy atom. The molecule has 4 aliphatic carbocycles. The van der Waals surface area contributed by atoms with Crippen LogP contribution in [0.5, 0.6) is 0 Å². The van der Waals surface area contributed by atoms with E-state index in [1.54, 1.807) is 26.0 Å². The second-order valence-corrected chi connectivity index (χ2v) is 16.9. The van der Waals surface area contributed by atoms with Crippen LogP contribution < -0.4 is 0 Å². The molecular weight excluding hydrogens is 632 g/mol. The Hall–Kier alpha value is -2.03. The van der Waals surface area contributed by atoms with E-state index in [1.165, 1.54) is 96.8 Å². The maximum atomic E-state index is 13.4. The van der Waals surface area contributed by atoms with Crippen LogP contribution in [0.15, 0.2) is 23.3 Å². The first kappa shape index (κ1) is 40.7. The van der Waals surface area contributed by atoms with E-state index < -0.39 is 69.7 Å². The molecule has 0 radical (unpaired) electrons. The number of carbonyl (C=O) groups is 3. The quantitative estimate of drug-likeness (QED) is 0.0622. The van der Waals surface area contributed by atoms with Gasteiger partial charge in [-0.2, -0.15) is 0 Å². The van der Waals surface area contributed by atoms with Gasteiger partial charge >= 0.3 is 11.9 Å². The highest BCUT2D eigenvalue weighted by atomic mass is 16.6. The fourth-order valence-electron chi connectivity index (χ4n) is 9.99. The summed E-state index contributed by atoms with van der Waals surface area (Å²) in [5.41, 5.74) is -4.89. The van der Waals surface area contributed by atoms with E-state index in [-0.39, 0.29) is 19.4 Å². The molecule has 8 nitrogen and oxygen atoms in total. The predicted octanol–water partition coefficient (Wildman–Crippen LogP) is 8.09. The lowest BCUT2D eigenvalue weighted by atomic mass is 9.59. The lowest BCUT2D eigenvalue weighted by molar-refractivity contribution is -0.221. The topological polar surface area (TPSA) is 130 Å². The molecule has 4 aliphatic rings. The van der Waals surface area contributed by atoms with Crippen LogP contribution in [-0.2, 0) is 23.9 Å². The van der Waals surface area contributed by atoms with Crippen molar-refractivity contribution in [3.05, 3.63) is 23.3 Å². The second kappa shape index (κ2) is 17.2. The number of esters is 2. The van der Waals surface area contributed by atoms with Gasteiger partial charge in [-0.05, 0) is 24.5 Å². The highest BCUT2D eigenvalue weighted by Crippen LogP contribution is 2.75. The minimum Gasteiger partial charge on any atom is -0.461 e. The van der Waals surface area contributed by atoms with Gasteiger partial charge in [0.1, 0.15) is 23.9 Å². The summed E-state index contributed by atoms with van der Waals surface area (Å²) in [7, 11) is 0. The molecule has 8 heteroatoms. The lowest BCUT2D eigenvalue weighted by Gasteiger charge is -2.52. The van der Waals surface area contributed by atoms with Gasteiger partial charge in [-0.1, -0.05) is 143 Å².